The van der Waals surface area contributed by atoms with Gasteiger partial charge in [0, 0.05) is 34.8 Å². The Morgan fingerprint density at radius 3 is 2.61 bits per heavy atom. The second-order valence-corrected chi connectivity index (χ2v) is 7.03. The van der Waals surface area contributed by atoms with Gasteiger partial charge in [0.15, 0.2) is 0 Å². The Bertz CT molecular complexity index is 1120. The zero-order valence-electron chi connectivity index (χ0n) is 15.0. The molecule has 0 amide bonds. The third kappa shape index (κ3) is 4.02. The molecule has 0 saturated carbocycles. The highest BCUT2D eigenvalue weighted by molar-refractivity contribution is 6.30. The van der Waals surface area contributed by atoms with Gasteiger partial charge in [0.25, 0.3) is 0 Å². The van der Waals surface area contributed by atoms with Crippen molar-refractivity contribution in [2.45, 2.75) is 13.0 Å². The molecule has 0 spiro atoms. The van der Waals surface area contributed by atoms with Crippen molar-refractivity contribution in [1.82, 2.24) is 4.57 Å². The molecule has 28 heavy (non-hydrogen) atoms. The topological polar surface area (TPSA) is 14.2 Å². The summed E-state index contributed by atoms with van der Waals surface area (Å²) in [6.07, 6.45) is 2.38. The van der Waals surface area contributed by atoms with Crippen molar-refractivity contribution in [2.24, 2.45) is 0 Å². The summed E-state index contributed by atoms with van der Waals surface area (Å²) in [7, 11) is 0. The van der Waals surface area contributed by atoms with E-state index in [-0.39, 0.29) is 6.61 Å². The molecule has 0 aliphatic carbocycles. The van der Waals surface area contributed by atoms with E-state index in [2.05, 4.69) is 22.8 Å². The van der Waals surface area contributed by atoms with Crippen LogP contribution in [-0.2, 0) is 13.0 Å². The van der Waals surface area contributed by atoms with Gasteiger partial charge < -0.3 is 9.30 Å². The highest BCUT2D eigenvalue weighted by Crippen LogP contribution is 2.26. The predicted molar refractivity (Wildman–Crippen MR) is 108 cm³/mol. The lowest BCUT2D eigenvalue weighted by atomic mass is 10.1. The van der Waals surface area contributed by atoms with E-state index < -0.39 is 11.6 Å². The van der Waals surface area contributed by atoms with Gasteiger partial charge >= 0.3 is 0 Å². The molecular formula is C23H18ClF2NO. The minimum absolute atomic E-state index is 0.281. The van der Waals surface area contributed by atoms with Crippen LogP contribution in [-0.4, -0.2) is 11.2 Å². The van der Waals surface area contributed by atoms with Crippen LogP contribution in [0.4, 0.5) is 8.78 Å². The first-order valence-electron chi connectivity index (χ1n) is 8.99. The molecule has 0 unspecified atom stereocenters. The minimum Gasteiger partial charge on any atom is -0.493 e. The molecule has 3 aromatic carbocycles. The monoisotopic (exact) mass is 397 g/mol. The van der Waals surface area contributed by atoms with E-state index in [0.29, 0.717) is 29.3 Å². The molecule has 142 valence electrons. The molecule has 0 N–H and O–H groups in total. The summed E-state index contributed by atoms with van der Waals surface area (Å²) in [6, 6.07) is 19.3. The molecule has 0 saturated heterocycles. The Morgan fingerprint density at radius 2 is 1.75 bits per heavy atom. The Kier molecular flexibility index (Phi) is 5.31. The summed E-state index contributed by atoms with van der Waals surface area (Å²) in [6.45, 7) is 0.887. The Hall–Kier alpha value is -2.85. The molecule has 0 bridgehead atoms. The molecule has 4 aromatic rings. The van der Waals surface area contributed by atoms with Crippen molar-refractivity contribution in [2.75, 3.05) is 6.61 Å². The summed E-state index contributed by atoms with van der Waals surface area (Å²) in [5.41, 5.74) is 2.49. The van der Waals surface area contributed by atoms with E-state index in [4.69, 9.17) is 16.3 Å². The number of nitrogens with zero attached hydrogens (tertiary/aromatic N) is 1. The molecule has 0 radical (unpaired) electrons. The van der Waals surface area contributed by atoms with E-state index in [1.54, 1.807) is 6.07 Å². The molecular weight excluding hydrogens is 380 g/mol. The van der Waals surface area contributed by atoms with Crippen LogP contribution in [0.1, 0.15) is 11.1 Å². The number of ether oxygens (including phenoxy) is 1. The average Bonchev–Trinajstić information content (AvgIpc) is 3.08. The van der Waals surface area contributed by atoms with Gasteiger partial charge in [-0.1, -0.05) is 35.9 Å². The maximum Gasteiger partial charge on any atom is 0.129 e. The van der Waals surface area contributed by atoms with Crippen LogP contribution in [0, 0.1) is 11.6 Å². The summed E-state index contributed by atoms with van der Waals surface area (Å²) in [5, 5.41) is 1.79. The Morgan fingerprint density at radius 1 is 0.893 bits per heavy atom. The number of aromatic nitrogens is 1. The van der Waals surface area contributed by atoms with Gasteiger partial charge in [-0.15, -0.1) is 0 Å². The van der Waals surface area contributed by atoms with Gasteiger partial charge in [-0.05, 0) is 47.3 Å². The SMILES string of the molecule is Fc1ccc(CCOc2ccc(Cl)cc2Cn2ccc3ccccc32)c(F)c1. The fourth-order valence-corrected chi connectivity index (χ4v) is 3.46. The third-order valence-corrected chi connectivity index (χ3v) is 4.92. The lowest BCUT2D eigenvalue weighted by Crippen LogP contribution is -2.07. The van der Waals surface area contributed by atoms with Gasteiger partial charge in [-0.25, -0.2) is 8.78 Å². The van der Waals surface area contributed by atoms with Crippen LogP contribution < -0.4 is 4.74 Å². The molecule has 1 heterocycles. The third-order valence-electron chi connectivity index (χ3n) is 4.69. The Balaban J connectivity index is 1.51. The lowest BCUT2D eigenvalue weighted by molar-refractivity contribution is 0.316. The van der Waals surface area contributed by atoms with Crippen molar-refractivity contribution in [3.8, 4) is 5.75 Å². The quantitative estimate of drug-likeness (QED) is 0.375. The number of rotatable bonds is 6. The highest BCUT2D eigenvalue weighted by atomic mass is 35.5. The van der Waals surface area contributed by atoms with Gasteiger partial charge in [0.1, 0.15) is 17.4 Å². The first-order chi connectivity index (χ1) is 13.6. The second-order valence-electron chi connectivity index (χ2n) is 6.59. The maximum absolute atomic E-state index is 13.8. The van der Waals surface area contributed by atoms with Gasteiger partial charge in [0.05, 0.1) is 13.2 Å². The zero-order chi connectivity index (χ0) is 19.5. The highest BCUT2D eigenvalue weighted by Gasteiger charge is 2.09. The van der Waals surface area contributed by atoms with E-state index in [1.165, 1.54) is 17.5 Å². The van der Waals surface area contributed by atoms with Gasteiger partial charge in [-0.2, -0.15) is 0 Å². The van der Waals surface area contributed by atoms with Gasteiger partial charge in [-0.3, -0.25) is 0 Å². The Labute approximate surface area is 166 Å². The van der Waals surface area contributed by atoms with Crippen LogP contribution in [0.25, 0.3) is 10.9 Å². The molecule has 1 aromatic heterocycles. The summed E-state index contributed by atoms with van der Waals surface area (Å²) >= 11 is 6.19. The van der Waals surface area contributed by atoms with Crippen LogP contribution in [0.5, 0.6) is 5.75 Å². The predicted octanol–water partition coefficient (Wildman–Crippen LogP) is 6.24. The normalized spacial score (nSPS) is 11.1. The summed E-state index contributed by atoms with van der Waals surface area (Å²) < 4.78 is 34.9. The molecule has 0 aliphatic rings. The fourth-order valence-electron chi connectivity index (χ4n) is 3.27. The van der Waals surface area contributed by atoms with Crippen molar-refractivity contribution in [3.05, 3.63) is 101 Å². The molecule has 0 fully saturated rings. The van der Waals surface area contributed by atoms with Crippen LogP contribution >= 0.6 is 11.6 Å². The standard InChI is InChI=1S/C23H18ClF2NO/c24-19-6-8-23(28-12-10-16-5-7-20(25)14-21(16)26)18(13-19)15-27-11-9-17-3-1-2-4-22(17)27/h1-9,11,13-14H,10,12,15H2. The summed E-state index contributed by atoms with van der Waals surface area (Å²) in [4.78, 5) is 0. The second kappa shape index (κ2) is 8.03. The lowest BCUT2D eigenvalue weighted by Gasteiger charge is -2.14. The minimum atomic E-state index is -0.582. The van der Waals surface area contributed by atoms with Crippen molar-refractivity contribution in [3.63, 3.8) is 0 Å². The smallest absolute Gasteiger partial charge is 0.129 e. The number of halogens is 3. The van der Waals surface area contributed by atoms with E-state index in [9.17, 15) is 8.78 Å². The number of hydrogen-bond donors (Lipinski definition) is 0. The van der Waals surface area contributed by atoms with Crippen molar-refractivity contribution in [1.29, 1.82) is 0 Å². The van der Waals surface area contributed by atoms with Crippen molar-refractivity contribution >= 4 is 22.5 Å². The number of fused-ring (bicyclic) bond motifs is 1. The van der Waals surface area contributed by atoms with Gasteiger partial charge in [0.2, 0.25) is 0 Å². The van der Waals surface area contributed by atoms with Crippen LogP contribution in [0.15, 0.2) is 72.9 Å². The molecule has 0 aliphatic heterocycles. The number of hydrogen-bond acceptors (Lipinski definition) is 1. The first-order valence-corrected chi connectivity index (χ1v) is 9.37. The number of para-hydroxylation sites is 1. The molecule has 2 nitrogen and oxygen atoms in total. The molecule has 5 heteroatoms. The first kappa shape index (κ1) is 18.5. The average molecular weight is 398 g/mol. The molecule has 4 rings (SSSR count). The summed E-state index contributed by atoms with van der Waals surface area (Å²) in [5.74, 6) is -0.440. The van der Waals surface area contributed by atoms with Crippen LogP contribution in [0.2, 0.25) is 5.02 Å². The van der Waals surface area contributed by atoms with E-state index >= 15 is 0 Å². The largest absolute Gasteiger partial charge is 0.493 e. The fraction of sp³-hybridized carbons (Fsp3) is 0.130. The van der Waals surface area contributed by atoms with Crippen LogP contribution in [0.3, 0.4) is 0 Å². The molecule has 0 atom stereocenters. The zero-order valence-corrected chi connectivity index (χ0v) is 15.8. The van der Waals surface area contributed by atoms with E-state index in [0.717, 1.165) is 17.1 Å². The van der Waals surface area contributed by atoms with E-state index in [1.807, 2.05) is 30.5 Å². The van der Waals surface area contributed by atoms with Crippen molar-refractivity contribution < 1.29 is 13.5 Å². The number of benzene rings is 3. The maximum atomic E-state index is 13.8.